The molecule has 6 nitrogen and oxygen atoms in total. The summed E-state index contributed by atoms with van der Waals surface area (Å²) in [7, 11) is -4.06. The molecule has 1 heterocycles. The molecule has 0 unspecified atom stereocenters. The molecule has 0 amide bonds. The second kappa shape index (κ2) is 7.24. The molecule has 0 bridgehead atoms. The van der Waals surface area contributed by atoms with E-state index in [1.54, 1.807) is 48.5 Å². The molecule has 1 aliphatic rings. The van der Waals surface area contributed by atoms with Crippen LogP contribution in [-0.2, 0) is 25.1 Å². The Kier molecular flexibility index (Phi) is 5.28. The minimum atomic E-state index is -3.57. The number of hydrogen-bond acceptors (Lipinski definition) is 5. The van der Waals surface area contributed by atoms with E-state index in [0.717, 1.165) is 5.46 Å². The van der Waals surface area contributed by atoms with Crippen molar-refractivity contribution < 1.29 is 17.7 Å². The predicted octanol–water partition coefficient (Wildman–Crippen LogP) is 2.80. The molecule has 0 saturated carbocycles. The lowest BCUT2D eigenvalue weighted by Crippen LogP contribution is -2.41. The summed E-state index contributed by atoms with van der Waals surface area (Å²) in [4.78, 5) is 0. The fourth-order valence-corrected chi connectivity index (χ4v) is 4.00. The third-order valence-electron chi connectivity index (χ3n) is 5.15. The van der Waals surface area contributed by atoms with E-state index in [4.69, 9.17) is 14.6 Å². The Morgan fingerprint density at radius 2 is 1.50 bits per heavy atom. The zero-order valence-electron chi connectivity index (χ0n) is 16.4. The average Bonchev–Trinajstić information content (AvgIpc) is 2.83. The lowest BCUT2D eigenvalue weighted by atomic mass is 9.79. The maximum Gasteiger partial charge on any atom is 0.494 e. The molecule has 146 valence electrons. The molecule has 1 fully saturated rings. The van der Waals surface area contributed by atoms with Crippen molar-refractivity contribution in [3.8, 4) is 6.07 Å². The van der Waals surface area contributed by atoms with Gasteiger partial charge >= 0.3 is 7.12 Å². The predicted molar refractivity (Wildman–Crippen MR) is 110 cm³/mol. The van der Waals surface area contributed by atoms with Gasteiger partial charge in [0.05, 0.1) is 28.6 Å². The van der Waals surface area contributed by atoms with Gasteiger partial charge in [0.2, 0.25) is 10.0 Å². The number of sulfonamides is 1. The lowest BCUT2D eigenvalue weighted by molar-refractivity contribution is 0.00578. The summed E-state index contributed by atoms with van der Waals surface area (Å²) in [5.41, 5.74) is 1.54. The summed E-state index contributed by atoms with van der Waals surface area (Å²) in [5.74, 6) is -0.169. The van der Waals surface area contributed by atoms with E-state index in [1.807, 2.05) is 33.8 Å². The van der Waals surface area contributed by atoms with Crippen molar-refractivity contribution in [3.63, 3.8) is 0 Å². The first-order valence-corrected chi connectivity index (χ1v) is 10.6. The summed E-state index contributed by atoms with van der Waals surface area (Å²) in [6.07, 6.45) is 0. The largest absolute Gasteiger partial charge is 0.494 e. The maximum absolute atomic E-state index is 12.4. The van der Waals surface area contributed by atoms with Gasteiger partial charge < -0.3 is 9.31 Å². The summed E-state index contributed by atoms with van der Waals surface area (Å²) in [5, 5.41) is 8.82. The van der Waals surface area contributed by atoms with Crippen molar-refractivity contribution in [1.82, 2.24) is 0 Å². The van der Waals surface area contributed by atoms with E-state index < -0.39 is 28.3 Å². The molecule has 1 N–H and O–H groups in total. The molecular formula is C20H23BN2O4S. The number of hydrogen-bond donors (Lipinski definition) is 1. The smallest absolute Gasteiger partial charge is 0.399 e. The molecule has 0 aliphatic carbocycles. The standard InChI is InChI=1S/C20H23BN2O4S/c1-19(2)20(3,4)27-21(26-19)17-9-11-18(12-10-17)23-28(24,25)14-16-7-5-15(13-22)6-8-16/h5-12,23H,14H2,1-4H3. The van der Waals surface area contributed by atoms with Gasteiger partial charge in [-0.1, -0.05) is 24.3 Å². The van der Waals surface area contributed by atoms with E-state index in [2.05, 4.69) is 4.72 Å². The highest BCUT2D eigenvalue weighted by Gasteiger charge is 2.51. The first-order chi connectivity index (χ1) is 13.0. The second-order valence-corrected chi connectivity index (χ2v) is 9.60. The number of nitrogens with zero attached hydrogens (tertiary/aromatic N) is 1. The van der Waals surface area contributed by atoms with Crippen LogP contribution in [0.1, 0.15) is 38.8 Å². The normalized spacial score (nSPS) is 17.9. The van der Waals surface area contributed by atoms with Crippen molar-refractivity contribution in [2.45, 2.75) is 44.6 Å². The Hall–Kier alpha value is -2.34. The van der Waals surface area contributed by atoms with Crippen LogP contribution in [0.15, 0.2) is 48.5 Å². The van der Waals surface area contributed by atoms with Gasteiger partial charge in [0.1, 0.15) is 0 Å². The van der Waals surface area contributed by atoms with Crippen LogP contribution < -0.4 is 10.2 Å². The molecule has 3 rings (SSSR count). The first kappa shape index (κ1) is 20.4. The molecule has 0 aromatic heterocycles. The van der Waals surface area contributed by atoms with Crippen LogP contribution in [0.4, 0.5) is 5.69 Å². The van der Waals surface area contributed by atoms with E-state index >= 15 is 0 Å². The highest BCUT2D eigenvalue weighted by molar-refractivity contribution is 7.91. The van der Waals surface area contributed by atoms with Crippen LogP contribution in [0.3, 0.4) is 0 Å². The SMILES string of the molecule is CC1(C)OB(c2ccc(NS(=O)(=O)Cc3ccc(C#N)cc3)cc2)OC1(C)C. The van der Waals surface area contributed by atoms with Gasteiger partial charge in [0.15, 0.2) is 0 Å². The van der Waals surface area contributed by atoms with Gasteiger partial charge in [-0.05, 0) is 63.0 Å². The van der Waals surface area contributed by atoms with Crippen molar-refractivity contribution in [2.75, 3.05) is 4.72 Å². The third kappa shape index (κ3) is 4.38. The van der Waals surface area contributed by atoms with Gasteiger partial charge in [0.25, 0.3) is 0 Å². The number of anilines is 1. The van der Waals surface area contributed by atoms with Crippen LogP contribution in [0.2, 0.25) is 0 Å². The molecule has 8 heteroatoms. The molecular weight excluding hydrogens is 375 g/mol. The fraction of sp³-hybridized carbons (Fsp3) is 0.350. The molecule has 1 aliphatic heterocycles. The van der Waals surface area contributed by atoms with Gasteiger partial charge in [-0.3, -0.25) is 4.72 Å². The van der Waals surface area contributed by atoms with Gasteiger partial charge in [-0.15, -0.1) is 0 Å². The molecule has 2 aromatic rings. The Bertz CT molecular complexity index is 978. The van der Waals surface area contributed by atoms with Crippen molar-refractivity contribution in [3.05, 3.63) is 59.7 Å². The maximum atomic E-state index is 12.4. The highest BCUT2D eigenvalue weighted by atomic mass is 32.2. The molecule has 2 aromatic carbocycles. The Morgan fingerprint density at radius 1 is 0.964 bits per heavy atom. The molecule has 28 heavy (non-hydrogen) atoms. The minimum Gasteiger partial charge on any atom is -0.399 e. The lowest BCUT2D eigenvalue weighted by Gasteiger charge is -2.32. The monoisotopic (exact) mass is 398 g/mol. The van der Waals surface area contributed by atoms with Crippen LogP contribution in [0.5, 0.6) is 0 Å². The highest BCUT2D eigenvalue weighted by Crippen LogP contribution is 2.36. The van der Waals surface area contributed by atoms with E-state index in [9.17, 15) is 8.42 Å². The molecule has 0 atom stereocenters. The number of nitriles is 1. The summed E-state index contributed by atoms with van der Waals surface area (Å²) < 4.78 is 39.4. The van der Waals surface area contributed by atoms with Gasteiger partial charge in [0, 0.05) is 5.69 Å². The van der Waals surface area contributed by atoms with Crippen LogP contribution >= 0.6 is 0 Å². The molecule has 0 radical (unpaired) electrons. The zero-order valence-corrected chi connectivity index (χ0v) is 17.2. The second-order valence-electron chi connectivity index (χ2n) is 7.88. The quantitative estimate of drug-likeness (QED) is 0.783. The van der Waals surface area contributed by atoms with Crippen LogP contribution in [-0.4, -0.2) is 26.7 Å². The summed E-state index contributed by atoms with van der Waals surface area (Å²) in [6.45, 7) is 7.94. The van der Waals surface area contributed by atoms with Crippen LogP contribution in [0.25, 0.3) is 0 Å². The van der Waals surface area contributed by atoms with E-state index in [1.165, 1.54) is 0 Å². The number of rotatable bonds is 5. The third-order valence-corrected chi connectivity index (χ3v) is 6.41. The van der Waals surface area contributed by atoms with Gasteiger partial charge in [-0.2, -0.15) is 5.26 Å². The van der Waals surface area contributed by atoms with Crippen molar-refractivity contribution in [2.24, 2.45) is 0 Å². The summed E-state index contributed by atoms with van der Waals surface area (Å²) >= 11 is 0. The molecule has 1 saturated heterocycles. The van der Waals surface area contributed by atoms with Crippen molar-refractivity contribution >= 4 is 28.3 Å². The fourth-order valence-electron chi connectivity index (χ4n) is 2.80. The van der Waals surface area contributed by atoms with E-state index in [0.29, 0.717) is 16.8 Å². The Labute approximate surface area is 166 Å². The molecule has 0 spiro atoms. The minimum absolute atomic E-state index is 0.169. The number of benzene rings is 2. The zero-order chi connectivity index (χ0) is 20.6. The average molecular weight is 398 g/mol. The number of nitrogens with one attached hydrogen (secondary N) is 1. The summed E-state index contributed by atoms with van der Waals surface area (Å²) in [6, 6.07) is 15.5. The topological polar surface area (TPSA) is 88.4 Å². The first-order valence-electron chi connectivity index (χ1n) is 8.96. The van der Waals surface area contributed by atoms with Gasteiger partial charge in [-0.25, -0.2) is 8.42 Å². The Morgan fingerprint density at radius 3 is 2.00 bits per heavy atom. The van der Waals surface area contributed by atoms with Crippen LogP contribution in [0, 0.1) is 11.3 Å². The van der Waals surface area contributed by atoms with Crippen molar-refractivity contribution in [1.29, 1.82) is 5.26 Å². The van der Waals surface area contributed by atoms with E-state index in [-0.39, 0.29) is 5.75 Å². The Balaban J connectivity index is 1.67.